The highest BCUT2D eigenvalue weighted by atomic mass is 32.2. The normalized spacial score (nSPS) is 14.1. The average Bonchev–Trinajstić information content (AvgIpc) is 2.56. The summed E-state index contributed by atoms with van der Waals surface area (Å²) in [6.45, 7) is 2.32. The SMILES string of the molecule is CN=C(NCCCS(=O)(=O)c1ccccc1)NC(C)CCS(C)(=O)=O. The highest BCUT2D eigenvalue weighted by Gasteiger charge is 2.13. The van der Waals surface area contributed by atoms with Gasteiger partial charge in [-0.25, -0.2) is 16.8 Å². The summed E-state index contributed by atoms with van der Waals surface area (Å²) in [7, 11) is -4.66. The molecule has 0 radical (unpaired) electrons. The van der Waals surface area contributed by atoms with Crippen LogP contribution in [0.4, 0.5) is 0 Å². The van der Waals surface area contributed by atoms with Crippen molar-refractivity contribution in [3.63, 3.8) is 0 Å². The van der Waals surface area contributed by atoms with Crippen LogP contribution in [0.25, 0.3) is 0 Å². The predicted octanol–water partition coefficient (Wildman–Crippen LogP) is 0.839. The molecule has 1 rings (SSSR count). The number of rotatable bonds is 9. The Morgan fingerprint density at radius 3 is 2.32 bits per heavy atom. The second kappa shape index (κ2) is 9.76. The molecule has 0 fully saturated rings. The fraction of sp³-hybridized carbons (Fsp3) is 0.562. The molecule has 0 heterocycles. The summed E-state index contributed by atoms with van der Waals surface area (Å²) >= 11 is 0. The molecular weight excluding hydrogens is 362 g/mol. The molecule has 1 atom stereocenters. The minimum absolute atomic E-state index is 0.0463. The lowest BCUT2D eigenvalue weighted by Gasteiger charge is -2.17. The predicted molar refractivity (Wildman–Crippen MR) is 101 cm³/mol. The van der Waals surface area contributed by atoms with Crippen molar-refractivity contribution in [1.82, 2.24) is 10.6 Å². The van der Waals surface area contributed by atoms with Crippen LogP contribution in [-0.4, -0.2) is 60.2 Å². The Labute approximate surface area is 150 Å². The molecule has 25 heavy (non-hydrogen) atoms. The van der Waals surface area contributed by atoms with Crippen molar-refractivity contribution in [3.05, 3.63) is 30.3 Å². The average molecular weight is 390 g/mol. The third-order valence-electron chi connectivity index (χ3n) is 3.51. The number of hydrogen-bond acceptors (Lipinski definition) is 5. The van der Waals surface area contributed by atoms with Gasteiger partial charge in [-0.15, -0.1) is 0 Å². The van der Waals surface area contributed by atoms with E-state index in [2.05, 4.69) is 15.6 Å². The number of nitrogens with one attached hydrogen (secondary N) is 2. The molecule has 0 aliphatic heterocycles. The van der Waals surface area contributed by atoms with Gasteiger partial charge in [0.05, 0.1) is 16.4 Å². The first-order valence-electron chi connectivity index (χ1n) is 8.07. The van der Waals surface area contributed by atoms with E-state index in [1.165, 1.54) is 6.26 Å². The molecular formula is C16H27N3O4S2. The summed E-state index contributed by atoms with van der Waals surface area (Å²) in [5.41, 5.74) is 0. The Morgan fingerprint density at radius 2 is 1.76 bits per heavy atom. The van der Waals surface area contributed by atoms with Gasteiger partial charge in [0, 0.05) is 25.9 Å². The van der Waals surface area contributed by atoms with Gasteiger partial charge in [0.1, 0.15) is 9.84 Å². The smallest absolute Gasteiger partial charge is 0.191 e. The second-order valence-electron chi connectivity index (χ2n) is 5.95. The van der Waals surface area contributed by atoms with Crippen molar-refractivity contribution < 1.29 is 16.8 Å². The zero-order valence-corrected chi connectivity index (χ0v) is 16.5. The van der Waals surface area contributed by atoms with Gasteiger partial charge in [-0.1, -0.05) is 18.2 Å². The van der Waals surface area contributed by atoms with Crippen LogP contribution in [0.1, 0.15) is 19.8 Å². The summed E-state index contributed by atoms with van der Waals surface area (Å²) in [6.07, 6.45) is 2.12. The second-order valence-corrected chi connectivity index (χ2v) is 10.3. The first kappa shape index (κ1) is 21.4. The summed E-state index contributed by atoms with van der Waals surface area (Å²) in [5.74, 6) is 0.677. The van der Waals surface area contributed by atoms with Gasteiger partial charge in [-0.2, -0.15) is 0 Å². The van der Waals surface area contributed by atoms with Gasteiger partial charge in [0.25, 0.3) is 0 Å². The quantitative estimate of drug-likeness (QED) is 0.368. The fourth-order valence-corrected chi connectivity index (χ4v) is 4.22. The molecule has 0 bridgehead atoms. The van der Waals surface area contributed by atoms with Crippen molar-refractivity contribution in [1.29, 1.82) is 0 Å². The van der Waals surface area contributed by atoms with Gasteiger partial charge in [0.2, 0.25) is 0 Å². The van der Waals surface area contributed by atoms with E-state index < -0.39 is 19.7 Å². The highest BCUT2D eigenvalue weighted by molar-refractivity contribution is 7.91. The summed E-state index contributed by atoms with van der Waals surface area (Å²) < 4.78 is 46.7. The van der Waals surface area contributed by atoms with Gasteiger partial charge >= 0.3 is 0 Å². The molecule has 0 saturated heterocycles. The zero-order chi connectivity index (χ0) is 18.9. The summed E-state index contributed by atoms with van der Waals surface area (Å²) in [6, 6.07) is 8.30. The van der Waals surface area contributed by atoms with Crippen molar-refractivity contribution >= 4 is 25.6 Å². The van der Waals surface area contributed by atoms with Crippen molar-refractivity contribution in [3.8, 4) is 0 Å². The maximum Gasteiger partial charge on any atom is 0.191 e. The topological polar surface area (TPSA) is 105 Å². The Hall–Kier alpha value is -1.61. The number of nitrogens with zero attached hydrogens (tertiary/aromatic N) is 1. The van der Waals surface area contributed by atoms with Crippen LogP contribution >= 0.6 is 0 Å². The molecule has 0 spiro atoms. The van der Waals surface area contributed by atoms with E-state index >= 15 is 0 Å². The lowest BCUT2D eigenvalue weighted by molar-refractivity contribution is 0.580. The third kappa shape index (κ3) is 8.87. The third-order valence-corrected chi connectivity index (χ3v) is 6.31. The number of sulfone groups is 2. The van der Waals surface area contributed by atoms with Crippen molar-refractivity contribution in [2.24, 2.45) is 4.99 Å². The standard InChI is InChI=1S/C16H27N3O4S2/c1-14(10-13-24(3,20)21)19-16(17-2)18-11-7-12-25(22,23)15-8-5-4-6-9-15/h4-6,8-9,14H,7,10-13H2,1-3H3,(H2,17,18,19). The molecule has 0 aliphatic rings. The van der Waals surface area contributed by atoms with Crippen LogP contribution in [0.3, 0.4) is 0 Å². The Balaban J connectivity index is 2.38. The largest absolute Gasteiger partial charge is 0.356 e. The van der Waals surface area contributed by atoms with Gasteiger partial charge in [-0.05, 0) is 31.9 Å². The maximum absolute atomic E-state index is 12.2. The van der Waals surface area contributed by atoms with E-state index in [1.807, 2.05) is 6.92 Å². The number of aliphatic imine (C=N–C) groups is 1. The molecule has 0 saturated carbocycles. The molecule has 2 N–H and O–H groups in total. The van der Waals surface area contributed by atoms with Crippen molar-refractivity contribution in [2.45, 2.75) is 30.7 Å². The zero-order valence-electron chi connectivity index (χ0n) is 14.9. The minimum Gasteiger partial charge on any atom is -0.356 e. The van der Waals surface area contributed by atoms with Crippen LogP contribution in [0.15, 0.2) is 40.2 Å². The Morgan fingerprint density at radius 1 is 1.12 bits per heavy atom. The van der Waals surface area contributed by atoms with Crippen LogP contribution in [0.2, 0.25) is 0 Å². The molecule has 1 unspecified atom stereocenters. The molecule has 142 valence electrons. The number of hydrogen-bond donors (Lipinski definition) is 2. The van der Waals surface area contributed by atoms with Gasteiger partial charge in [0.15, 0.2) is 15.8 Å². The minimum atomic E-state index is -3.28. The van der Waals surface area contributed by atoms with E-state index in [1.54, 1.807) is 37.4 Å². The highest BCUT2D eigenvalue weighted by Crippen LogP contribution is 2.10. The molecule has 0 aliphatic carbocycles. The molecule has 0 aromatic heterocycles. The van der Waals surface area contributed by atoms with E-state index in [4.69, 9.17) is 0 Å². The summed E-state index contributed by atoms with van der Waals surface area (Å²) in [5, 5.41) is 6.14. The van der Waals surface area contributed by atoms with E-state index in [-0.39, 0.29) is 17.5 Å². The monoisotopic (exact) mass is 389 g/mol. The number of guanidine groups is 1. The van der Waals surface area contributed by atoms with Crippen LogP contribution in [0, 0.1) is 0 Å². The lowest BCUT2D eigenvalue weighted by Crippen LogP contribution is -2.43. The first-order chi connectivity index (χ1) is 11.6. The van der Waals surface area contributed by atoms with E-state index in [9.17, 15) is 16.8 Å². The molecule has 9 heteroatoms. The fourth-order valence-electron chi connectivity index (χ4n) is 2.11. The van der Waals surface area contributed by atoms with Crippen LogP contribution < -0.4 is 10.6 Å². The molecule has 0 amide bonds. The van der Waals surface area contributed by atoms with E-state index in [0.717, 1.165) is 0 Å². The molecule has 1 aromatic rings. The summed E-state index contributed by atoms with van der Waals surface area (Å²) in [4.78, 5) is 4.39. The van der Waals surface area contributed by atoms with Crippen molar-refractivity contribution in [2.75, 3.05) is 31.4 Å². The Bertz CT molecular complexity index is 760. The molecule has 1 aromatic carbocycles. The molecule has 7 nitrogen and oxygen atoms in total. The van der Waals surface area contributed by atoms with Crippen LogP contribution in [0.5, 0.6) is 0 Å². The first-order valence-corrected chi connectivity index (χ1v) is 11.8. The van der Waals surface area contributed by atoms with Gasteiger partial charge < -0.3 is 10.6 Å². The number of benzene rings is 1. The maximum atomic E-state index is 12.2. The van der Waals surface area contributed by atoms with Gasteiger partial charge in [-0.3, -0.25) is 4.99 Å². The lowest BCUT2D eigenvalue weighted by atomic mass is 10.3. The Kier molecular flexibility index (Phi) is 8.37. The van der Waals surface area contributed by atoms with Crippen LogP contribution in [-0.2, 0) is 19.7 Å². The van der Waals surface area contributed by atoms with E-state index in [0.29, 0.717) is 30.2 Å².